The molecule has 52 nitrogen and oxygen atoms in total. The summed E-state index contributed by atoms with van der Waals surface area (Å²) in [5.41, 5.74) is 9.18. The SMILES string of the molecule is OC[C@@H](O)[C@@H](O[C@@H]1O[C@H](CO)[C@H](O)[C@H](O)[C@H]1O)[C@H](O)[C@@H](O)CNCC[n+]1ccc(-c2c3nc(c(-c4cc[n+](CCNC[C@H](O)[C@@H](O)[C@H](O[C@@H]5O[C@H](CO)[C@H](O)[C@H](O)[C@H]5O)[C@H](O)CO)cc4)c4ccc([nH]4)c(-c4cc[n+](CCNC[C@H](O)[C@@H](O)[C@H](O[C@@H]5O[C@H](CO)[C@H](O)[C@H](O)[C@H]5O)[C@H](O)CO)cc4)c4ccc([nH]4)c(-c4cc[n+](CCNC[C@H](O)[C@@H](O)[C@H](O[C@@H]5O[C@H](CO)[C@H](O)[C@H](O)[C@H]5O)[C@H](O)CO)cc4)c4nc2C=C4)C=C3)cc1. The van der Waals surface area contributed by atoms with Gasteiger partial charge in [0, 0.05) is 119 Å². The van der Waals surface area contributed by atoms with Crippen molar-refractivity contribution in [2.24, 2.45) is 0 Å². The highest BCUT2D eigenvalue weighted by Crippen LogP contribution is 2.40. The van der Waals surface area contributed by atoms with Crippen LogP contribution in [-0.4, -0.2) is 509 Å². The van der Waals surface area contributed by atoms with Gasteiger partial charge in [0.25, 0.3) is 0 Å². The van der Waals surface area contributed by atoms with Crippen LogP contribution in [0.4, 0.5) is 0 Å². The minimum absolute atomic E-state index is 0.161. The molecule has 0 spiro atoms. The number of aliphatic hydroxyl groups is 32. The van der Waals surface area contributed by atoms with E-state index in [1.165, 1.54) is 0 Å². The minimum atomic E-state index is -1.95. The second-order valence-electron chi connectivity index (χ2n) is 37.0. The normalized spacial score (nSPS) is 28.2. The number of nitrogens with zero attached hydrogens (tertiary/aromatic N) is 6. The van der Waals surface area contributed by atoms with Crippen molar-refractivity contribution in [1.82, 2.24) is 41.2 Å². The van der Waals surface area contributed by atoms with Crippen LogP contribution in [0.1, 0.15) is 22.8 Å². The zero-order chi connectivity index (χ0) is 107. The van der Waals surface area contributed by atoms with E-state index >= 15 is 0 Å². The molecule has 0 unspecified atom stereocenters. The van der Waals surface area contributed by atoms with Gasteiger partial charge in [-0.2, -0.15) is 0 Å². The van der Waals surface area contributed by atoms with Crippen LogP contribution in [-0.2, 0) is 64.1 Å². The Hall–Kier alpha value is -8.56. The van der Waals surface area contributed by atoms with Crippen molar-refractivity contribution in [3.05, 3.63) is 145 Å². The predicted octanol–water partition coefficient (Wildman–Crippen LogP) is -16.1. The first-order valence-electron chi connectivity index (χ1n) is 48.4. The first-order valence-corrected chi connectivity index (χ1v) is 48.4. The van der Waals surface area contributed by atoms with Crippen molar-refractivity contribution in [2.45, 2.75) is 247 Å². The number of aromatic nitrogens is 8. The second kappa shape index (κ2) is 54.3. The summed E-state index contributed by atoms with van der Waals surface area (Å²) in [4.78, 5) is 18.4. The van der Waals surface area contributed by atoms with Crippen LogP contribution in [0.3, 0.4) is 0 Å². The van der Waals surface area contributed by atoms with Gasteiger partial charge in [-0.3, -0.25) is 0 Å². The topological polar surface area (TPSA) is 842 Å². The highest BCUT2D eigenvalue weighted by molar-refractivity contribution is 6.00. The monoisotopic (exact) mass is 2100 g/mol. The predicted molar refractivity (Wildman–Crippen MR) is 508 cm³/mol. The Labute approximate surface area is 845 Å². The summed E-state index contributed by atoms with van der Waals surface area (Å²) < 4.78 is 51.4. The highest BCUT2D eigenvalue weighted by atomic mass is 16.7. The van der Waals surface area contributed by atoms with Gasteiger partial charge in [0.2, 0.25) is 0 Å². The number of hydrogen-bond acceptors (Lipinski definition) is 46. The molecule has 36 atom stereocenters. The van der Waals surface area contributed by atoms with Gasteiger partial charge in [-0.25, -0.2) is 28.2 Å². The molecular weight excluding hydrogens is 1960 g/mol. The molecule has 7 aromatic heterocycles. The summed E-state index contributed by atoms with van der Waals surface area (Å²) in [6, 6.07) is 22.5. The molecule has 13 heterocycles. The molecule has 8 bridgehead atoms. The molecule has 0 aliphatic carbocycles. The molecule has 38 N–H and O–H groups in total. The lowest BCUT2D eigenvalue weighted by molar-refractivity contribution is -0.695. The van der Waals surface area contributed by atoms with Gasteiger partial charge < -0.3 is 233 Å². The van der Waals surface area contributed by atoms with E-state index in [1.807, 2.05) is 128 Å². The molecule has 0 saturated carbocycles. The van der Waals surface area contributed by atoms with Crippen molar-refractivity contribution in [2.75, 3.05) is 105 Å². The highest BCUT2D eigenvalue weighted by Gasteiger charge is 2.52. The standard InChI is InChI=1S/C96H137N12O40/c109-37-61(121)89(145-93-85(137)81(133)77(129)65(41-113)141-93)73(125)57(117)33-97-17-29-105-21-9-45(10-22-105)69-49-1-2-50(101-49)70(46-11-23-106(24-12-46)30-18-98-34-58(118)74(126)90(62(122)38-110)146-94-86(138)82(134)78(130)66(42-114)142-94)52-5-6-54(103-52)72(48-15-27-108(28-16-48)32-20-100-36-60(120)76(128)92(64(124)40-112)148-96-88(140)84(136)80(132)68(44-116)144-96)56-8-7-55(104-56)71(53-4-3-51(69)102-53)47-13-25-107(26-14-47)31-19-99-35-59(119)75(127)91(63(123)39-111)147-95-87(139)83(135)79(131)67(43-115)143-95/h1-16,21-28,57-68,73-100,109-140H,17-20,29-44H2,(H,101,102,103,104)/q+3/p+1/t57-,58-,59-,60-,61+,62+,63+,64+,65+,66+,67+,68+,73+,74+,75+,76+,77-,78-,79-,80-,81-,82-,83-,84-,85+,86+,87+,88+,89+,90+,91+,92+,93-,94-,95-,96-/m0/s1. The molecule has 4 saturated heterocycles. The molecule has 4 fully saturated rings. The zero-order valence-corrected chi connectivity index (χ0v) is 80.0. The van der Waals surface area contributed by atoms with Gasteiger partial charge in [-0.05, 0) is 70.8 Å². The summed E-state index contributed by atoms with van der Waals surface area (Å²) in [6.07, 6.45) is -43.0. The van der Waals surface area contributed by atoms with E-state index in [1.54, 1.807) is 37.2 Å². The quantitative estimate of drug-likeness (QED) is 0.0124. The smallest absolute Gasteiger partial charge is 0.187 e. The largest absolute Gasteiger partial charge is 0.394 e. The Kier molecular flexibility index (Phi) is 42.8. The van der Waals surface area contributed by atoms with Gasteiger partial charge in [-0.1, -0.05) is 0 Å². The number of H-pyrrole nitrogens is 2. The van der Waals surface area contributed by atoms with E-state index in [0.29, 0.717) is 89.4 Å². The Morgan fingerprint density at radius 3 is 0.682 bits per heavy atom. The van der Waals surface area contributed by atoms with E-state index in [-0.39, 0.29) is 78.5 Å². The number of pyridine rings is 4. The number of aliphatic hydroxyl groups excluding tert-OH is 32. The first-order chi connectivity index (χ1) is 71.0. The van der Waals surface area contributed by atoms with E-state index < -0.39 is 273 Å². The number of hydrogen-bond donors (Lipinski definition) is 38. The molecular formula is C96H138N12O40+4. The lowest BCUT2D eigenvalue weighted by atomic mass is 9.98. The van der Waals surface area contributed by atoms with E-state index in [9.17, 15) is 163 Å². The number of nitrogens with one attached hydrogen (secondary N) is 6. The van der Waals surface area contributed by atoms with Gasteiger partial charge in [0.1, 0.15) is 171 Å². The second-order valence-corrected chi connectivity index (χ2v) is 37.0. The number of ether oxygens (including phenoxy) is 8. The van der Waals surface area contributed by atoms with Crippen LogP contribution in [0.25, 0.3) is 90.9 Å². The van der Waals surface area contributed by atoms with Crippen LogP contribution in [0.15, 0.2) is 122 Å². The Bertz CT molecular complexity index is 5310. The van der Waals surface area contributed by atoms with Gasteiger partial charge in [-0.15, -0.1) is 0 Å². The summed E-state index contributed by atoms with van der Waals surface area (Å²) in [7, 11) is 0. The molecule has 0 radical (unpaired) electrons. The molecule has 0 amide bonds. The summed E-state index contributed by atoms with van der Waals surface area (Å²) in [6.45, 7) is -6.81. The van der Waals surface area contributed by atoms with E-state index in [0.717, 1.165) is 0 Å². The Balaban J connectivity index is 0.828. The van der Waals surface area contributed by atoms with Crippen molar-refractivity contribution in [3.8, 4) is 44.5 Å². The molecule has 818 valence electrons. The van der Waals surface area contributed by atoms with Crippen molar-refractivity contribution in [3.63, 3.8) is 0 Å². The van der Waals surface area contributed by atoms with Crippen LogP contribution >= 0.6 is 0 Å². The van der Waals surface area contributed by atoms with Crippen LogP contribution in [0, 0.1) is 0 Å². The van der Waals surface area contributed by atoms with Gasteiger partial charge in [0.05, 0.1) is 126 Å². The average molecular weight is 2100 g/mol. The summed E-state index contributed by atoms with van der Waals surface area (Å²) >= 11 is 0. The molecule has 6 aliphatic heterocycles. The molecule has 13 rings (SSSR count). The first kappa shape index (κ1) is 117. The third kappa shape index (κ3) is 27.8. The lowest BCUT2D eigenvalue weighted by Crippen LogP contribution is -2.61. The Morgan fingerprint density at radius 1 is 0.264 bits per heavy atom. The van der Waals surface area contributed by atoms with Gasteiger partial charge in [0.15, 0.2) is 101 Å². The van der Waals surface area contributed by atoms with E-state index in [2.05, 4.69) is 31.2 Å². The Morgan fingerprint density at radius 2 is 0.466 bits per heavy atom. The van der Waals surface area contributed by atoms with Crippen molar-refractivity contribution >= 4 is 46.4 Å². The zero-order valence-electron chi connectivity index (χ0n) is 80.0. The van der Waals surface area contributed by atoms with Crippen LogP contribution in [0.2, 0.25) is 0 Å². The lowest BCUT2D eigenvalue weighted by Gasteiger charge is -2.42. The minimum Gasteiger partial charge on any atom is -0.394 e. The molecule has 0 aromatic carbocycles. The fourth-order valence-corrected chi connectivity index (χ4v) is 18.1. The fraction of sp³-hybridized carbons (Fsp3) is 0.583. The fourth-order valence-electron chi connectivity index (χ4n) is 18.1. The molecule has 52 heteroatoms. The summed E-state index contributed by atoms with van der Waals surface area (Å²) in [5, 5.41) is 350. The molecule has 7 aromatic rings. The number of rotatable bonds is 52. The number of fused-ring (bicyclic) bond motifs is 8. The van der Waals surface area contributed by atoms with Crippen molar-refractivity contribution in [1.29, 1.82) is 0 Å². The maximum atomic E-state index is 11.3. The molecule has 148 heavy (non-hydrogen) atoms. The maximum absolute atomic E-state index is 11.3. The maximum Gasteiger partial charge on any atom is 0.187 e. The molecule has 6 aliphatic rings. The van der Waals surface area contributed by atoms with E-state index in [4.69, 9.17) is 47.9 Å². The average Bonchev–Trinajstić information content (AvgIpc) is 1.61. The third-order valence-electron chi connectivity index (χ3n) is 26.8. The van der Waals surface area contributed by atoms with Crippen LogP contribution < -0.4 is 39.5 Å². The summed E-state index contributed by atoms with van der Waals surface area (Å²) in [5.74, 6) is 0. The van der Waals surface area contributed by atoms with Gasteiger partial charge >= 0.3 is 0 Å². The van der Waals surface area contributed by atoms with Crippen LogP contribution in [0.5, 0.6) is 0 Å². The number of aromatic amines is 2. The third-order valence-corrected chi connectivity index (χ3v) is 26.8. The van der Waals surface area contributed by atoms with Crippen molar-refractivity contribution < 1.29 is 220 Å².